The molecule has 0 aliphatic heterocycles. The Kier molecular flexibility index (Phi) is 12.8. The van der Waals surface area contributed by atoms with Gasteiger partial charge in [-0.15, -0.1) is 0 Å². The van der Waals surface area contributed by atoms with E-state index in [0.717, 1.165) is 19.3 Å². The van der Waals surface area contributed by atoms with Crippen LogP contribution >= 0.6 is 0 Å². The fourth-order valence-corrected chi connectivity index (χ4v) is 3.82. The highest BCUT2D eigenvalue weighted by Gasteiger charge is 2.18. The van der Waals surface area contributed by atoms with Gasteiger partial charge < -0.3 is 10.2 Å². The highest BCUT2D eigenvalue weighted by molar-refractivity contribution is 5.28. The predicted molar refractivity (Wildman–Crippen MR) is 117 cm³/mol. The fourth-order valence-electron chi connectivity index (χ4n) is 3.82. The second kappa shape index (κ2) is 14.6. The number of unbranched alkanes of at least 4 members (excludes halogenated alkanes) is 11. The van der Waals surface area contributed by atoms with Gasteiger partial charge in [-0.1, -0.05) is 96.1 Å². The maximum absolute atomic E-state index is 10.2. The summed E-state index contributed by atoms with van der Waals surface area (Å²) in [5, 5.41) is 20.4. The van der Waals surface area contributed by atoms with Crippen molar-refractivity contribution >= 4 is 0 Å². The van der Waals surface area contributed by atoms with Crippen LogP contribution in [0.1, 0.15) is 117 Å². The van der Waals surface area contributed by atoms with Crippen molar-refractivity contribution in [1.82, 2.24) is 4.57 Å². The van der Waals surface area contributed by atoms with Gasteiger partial charge in [0.15, 0.2) is 11.8 Å². The monoisotopic (exact) mass is 377 g/mol. The number of aromatic hydroxyl groups is 2. The van der Waals surface area contributed by atoms with E-state index in [9.17, 15) is 10.2 Å². The zero-order valence-corrected chi connectivity index (χ0v) is 18.1. The maximum Gasteiger partial charge on any atom is 0.194 e. The van der Waals surface area contributed by atoms with Gasteiger partial charge in [-0.05, 0) is 26.2 Å². The Balaban J connectivity index is 2.55. The van der Waals surface area contributed by atoms with Crippen LogP contribution in [0, 0.1) is 0 Å². The topological polar surface area (TPSA) is 45.4 Å². The summed E-state index contributed by atoms with van der Waals surface area (Å²) in [5.41, 5.74) is 1.26. The average Bonchev–Trinajstić information content (AvgIpc) is 2.99. The number of hydrogen-bond acceptors (Lipinski definition) is 2. The van der Waals surface area contributed by atoms with E-state index in [-0.39, 0.29) is 17.8 Å². The Hall–Kier alpha value is -1.38. The third-order valence-corrected chi connectivity index (χ3v) is 5.57. The zero-order valence-electron chi connectivity index (χ0n) is 18.1. The van der Waals surface area contributed by atoms with Crippen LogP contribution < -0.4 is 0 Å². The molecule has 1 heterocycles. The lowest BCUT2D eigenvalue weighted by atomic mass is 9.98. The Bertz CT molecular complexity index is 499. The molecule has 156 valence electrons. The predicted octanol–water partition coefficient (Wildman–Crippen LogP) is 7.89. The summed E-state index contributed by atoms with van der Waals surface area (Å²) >= 11 is 0. The van der Waals surface area contributed by atoms with E-state index in [1.54, 1.807) is 16.7 Å². The molecule has 1 aromatic heterocycles. The summed E-state index contributed by atoms with van der Waals surface area (Å²) in [7, 11) is 0. The molecule has 3 heteroatoms. The highest BCUT2D eigenvalue weighted by atomic mass is 16.3. The quantitative estimate of drug-likeness (QED) is 0.227. The first-order valence-corrected chi connectivity index (χ1v) is 11.4. The van der Waals surface area contributed by atoms with Crippen molar-refractivity contribution in [2.24, 2.45) is 0 Å². The van der Waals surface area contributed by atoms with Gasteiger partial charge in [0.1, 0.15) is 0 Å². The molecule has 0 radical (unpaired) electrons. The van der Waals surface area contributed by atoms with Gasteiger partial charge in [-0.25, -0.2) is 0 Å². The van der Waals surface area contributed by atoms with Gasteiger partial charge in [0.25, 0.3) is 0 Å². The fraction of sp³-hybridized carbons (Fsp3) is 0.750. The Morgan fingerprint density at radius 1 is 0.815 bits per heavy atom. The minimum Gasteiger partial charge on any atom is -0.494 e. The van der Waals surface area contributed by atoms with Crippen LogP contribution in [0.2, 0.25) is 0 Å². The molecule has 0 aromatic carbocycles. The second-order valence-electron chi connectivity index (χ2n) is 8.00. The molecule has 0 aliphatic rings. The summed E-state index contributed by atoms with van der Waals surface area (Å²) < 4.78 is 1.69. The minimum atomic E-state index is 0.0614. The molecular weight excluding hydrogens is 334 g/mol. The molecule has 1 atom stereocenters. The van der Waals surface area contributed by atoms with Crippen LogP contribution in [0.25, 0.3) is 0 Å². The summed E-state index contributed by atoms with van der Waals surface area (Å²) in [6, 6.07) is 3.24. The maximum atomic E-state index is 10.2. The van der Waals surface area contributed by atoms with E-state index in [1.165, 1.54) is 76.2 Å². The van der Waals surface area contributed by atoms with E-state index < -0.39 is 0 Å². The first-order chi connectivity index (χ1) is 13.1. The Labute approximate surface area is 167 Å². The van der Waals surface area contributed by atoms with Crippen LogP contribution in [0.5, 0.6) is 11.8 Å². The average molecular weight is 378 g/mol. The van der Waals surface area contributed by atoms with Crippen LogP contribution in [0.3, 0.4) is 0 Å². The molecular formula is C24H43NO2. The van der Waals surface area contributed by atoms with E-state index in [1.807, 2.05) is 0 Å². The van der Waals surface area contributed by atoms with Crippen LogP contribution in [0.15, 0.2) is 23.8 Å². The second-order valence-corrected chi connectivity index (χ2v) is 8.00. The number of rotatable bonds is 16. The molecule has 0 fully saturated rings. The molecule has 27 heavy (non-hydrogen) atoms. The van der Waals surface area contributed by atoms with Gasteiger partial charge in [0, 0.05) is 12.1 Å². The van der Waals surface area contributed by atoms with E-state index in [2.05, 4.69) is 26.8 Å². The van der Waals surface area contributed by atoms with Crippen molar-refractivity contribution < 1.29 is 10.2 Å². The number of nitrogens with zero attached hydrogens (tertiary/aromatic N) is 1. The Morgan fingerprint density at radius 2 is 1.30 bits per heavy atom. The van der Waals surface area contributed by atoms with Crippen LogP contribution in [-0.2, 0) is 0 Å². The van der Waals surface area contributed by atoms with Crippen molar-refractivity contribution in [3.63, 3.8) is 0 Å². The normalized spacial score (nSPS) is 13.2. The van der Waals surface area contributed by atoms with E-state index in [4.69, 9.17) is 0 Å². The lowest BCUT2D eigenvalue weighted by Crippen LogP contribution is -2.10. The summed E-state index contributed by atoms with van der Waals surface area (Å²) in [5.74, 6) is 0.326. The van der Waals surface area contributed by atoms with Gasteiger partial charge in [-0.2, -0.15) is 0 Å². The number of hydrogen-bond donors (Lipinski definition) is 2. The van der Waals surface area contributed by atoms with Crippen LogP contribution in [0.4, 0.5) is 0 Å². The Morgan fingerprint density at radius 3 is 1.85 bits per heavy atom. The minimum absolute atomic E-state index is 0.0614. The number of allylic oxidation sites excluding steroid dienone is 2. The summed E-state index contributed by atoms with van der Waals surface area (Å²) in [6.07, 6.45) is 19.8. The molecule has 0 bridgehead atoms. The van der Waals surface area contributed by atoms with Crippen molar-refractivity contribution in [3.05, 3.63) is 23.8 Å². The smallest absolute Gasteiger partial charge is 0.194 e. The molecule has 0 spiro atoms. The van der Waals surface area contributed by atoms with E-state index >= 15 is 0 Å². The lowest BCUT2D eigenvalue weighted by molar-refractivity contribution is 0.336. The third-order valence-electron chi connectivity index (χ3n) is 5.57. The summed E-state index contributed by atoms with van der Waals surface area (Å²) in [4.78, 5) is 0. The van der Waals surface area contributed by atoms with Crippen molar-refractivity contribution in [3.8, 4) is 11.8 Å². The summed E-state index contributed by atoms with van der Waals surface area (Å²) in [6.45, 7) is 6.64. The first kappa shape index (κ1) is 23.7. The molecule has 0 saturated carbocycles. The lowest BCUT2D eigenvalue weighted by Gasteiger charge is -2.22. The molecule has 2 N–H and O–H groups in total. The van der Waals surface area contributed by atoms with Crippen molar-refractivity contribution in [1.29, 1.82) is 0 Å². The molecule has 1 rings (SSSR count). The largest absolute Gasteiger partial charge is 0.494 e. The molecule has 3 nitrogen and oxygen atoms in total. The van der Waals surface area contributed by atoms with Crippen molar-refractivity contribution in [2.45, 2.75) is 117 Å². The molecule has 0 aliphatic carbocycles. The highest BCUT2D eigenvalue weighted by Crippen LogP contribution is 2.34. The SMILES string of the molecule is CCCCCCCC=C(C)C(CCCCCCCCC)n1c(O)ccc1O. The first-order valence-electron chi connectivity index (χ1n) is 11.4. The molecule has 0 amide bonds. The van der Waals surface area contributed by atoms with Gasteiger partial charge in [0.05, 0.1) is 6.04 Å². The van der Waals surface area contributed by atoms with Gasteiger partial charge >= 0.3 is 0 Å². The standard InChI is InChI=1S/C24H43NO2/c1-4-6-8-10-12-14-16-18-22(25-23(26)19-20-24(25)27)21(3)17-15-13-11-9-7-5-2/h17,19-20,22,26-27H,4-16,18H2,1-3H3. The zero-order chi connectivity index (χ0) is 19.9. The van der Waals surface area contributed by atoms with Crippen molar-refractivity contribution in [2.75, 3.05) is 0 Å². The van der Waals surface area contributed by atoms with Crippen LogP contribution in [-0.4, -0.2) is 14.8 Å². The van der Waals surface area contributed by atoms with E-state index in [0.29, 0.717) is 0 Å². The molecule has 1 unspecified atom stereocenters. The van der Waals surface area contributed by atoms with Gasteiger partial charge in [0.2, 0.25) is 0 Å². The number of aromatic nitrogens is 1. The van der Waals surface area contributed by atoms with Gasteiger partial charge in [-0.3, -0.25) is 4.57 Å². The third kappa shape index (κ3) is 9.39. The molecule has 0 saturated heterocycles. The molecule has 1 aromatic rings.